The number of aliphatic hydroxyl groups is 1. The normalized spacial score (nSPS) is 13.9. The Kier molecular flexibility index (Phi) is 7.22. The molecule has 0 rings (SSSR count). The van der Waals surface area contributed by atoms with E-state index in [1.165, 1.54) is 0 Å². The van der Waals surface area contributed by atoms with Crippen LogP contribution in [-0.4, -0.2) is 56.1 Å². The van der Waals surface area contributed by atoms with Gasteiger partial charge in [-0.05, 0) is 6.42 Å². The zero-order valence-electron chi connectivity index (χ0n) is 5.56. The van der Waals surface area contributed by atoms with Crippen molar-refractivity contribution < 1.29 is 18.1 Å². The minimum atomic E-state index is -3.99. The quantitative estimate of drug-likeness (QED) is 0.512. The van der Waals surface area contributed by atoms with Crippen LogP contribution in [0.25, 0.3) is 0 Å². The van der Waals surface area contributed by atoms with Gasteiger partial charge in [0, 0.05) is 26.2 Å². The Labute approximate surface area is 79.5 Å². The maximum absolute atomic E-state index is 10.00. The fourth-order valence-corrected chi connectivity index (χ4v) is 1.08. The SMILES string of the molecule is CCC(O)CS(=O)(=O)O.[Bi]. The molecule has 2 N–H and O–H groups in total. The number of hydrogen-bond donors (Lipinski definition) is 2. The summed E-state index contributed by atoms with van der Waals surface area (Å²) in [4.78, 5) is 0. The second kappa shape index (κ2) is 5.41. The molecule has 0 aliphatic heterocycles. The van der Waals surface area contributed by atoms with Crippen LogP contribution in [0, 0.1) is 0 Å². The zero-order valence-corrected chi connectivity index (χ0v) is 9.85. The molecule has 1 atom stereocenters. The summed E-state index contributed by atoms with van der Waals surface area (Å²) in [6.07, 6.45) is -0.611. The van der Waals surface area contributed by atoms with Crippen LogP contribution < -0.4 is 0 Å². The van der Waals surface area contributed by atoms with E-state index in [1.807, 2.05) is 0 Å². The molecular weight excluding hydrogens is 353 g/mol. The van der Waals surface area contributed by atoms with Crippen molar-refractivity contribution in [2.45, 2.75) is 19.4 Å². The number of hydrogen-bond acceptors (Lipinski definition) is 3. The Morgan fingerprint density at radius 2 is 1.90 bits per heavy atom. The van der Waals surface area contributed by atoms with Gasteiger partial charge in [-0.2, -0.15) is 8.42 Å². The topological polar surface area (TPSA) is 74.6 Å². The van der Waals surface area contributed by atoms with Gasteiger partial charge in [-0.1, -0.05) is 6.92 Å². The second-order valence-corrected chi connectivity index (χ2v) is 3.31. The molecule has 0 bridgehead atoms. The molecule has 0 fully saturated rings. The van der Waals surface area contributed by atoms with Crippen LogP contribution in [0.2, 0.25) is 0 Å². The van der Waals surface area contributed by atoms with Gasteiger partial charge in [-0.3, -0.25) is 4.55 Å². The van der Waals surface area contributed by atoms with E-state index in [1.54, 1.807) is 6.92 Å². The van der Waals surface area contributed by atoms with Gasteiger partial charge >= 0.3 is 0 Å². The molecule has 0 aliphatic rings. The second-order valence-electron chi connectivity index (χ2n) is 1.81. The zero-order chi connectivity index (χ0) is 7.49. The minimum absolute atomic E-state index is 0. The third kappa shape index (κ3) is 8.75. The molecule has 6 heteroatoms. The molecule has 0 spiro atoms. The summed E-state index contributed by atoms with van der Waals surface area (Å²) in [7, 11) is -3.99. The van der Waals surface area contributed by atoms with E-state index in [0.717, 1.165) is 0 Å². The van der Waals surface area contributed by atoms with Crippen LogP contribution in [0.3, 0.4) is 0 Å². The largest absolute Gasteiger partial charge is 0.392 e. The standard InChI is InChI=1S/C4H10O4S.Bi/c1-2-4(5)3-9(6,7)8;/h4-5H,2-3H2,1H3,(H,6,7,8);. The van der Waals surface area contributed by atoms with Crippen molar-refractivity contribution in [2.75, 3.05) is 5.75 Å². The molecule has 0 aliphatic carbocycles. The van der Waals surface area contributed by atoms with E-state index in [9.17, 15) is 8.42 Å². The first kappa shape index (κ1) is 13.4. The number of rotatable bonds is 3. The predicted molar refractivity (Wildman–Crippen MR) is 38.5 cm³/mol. The van der Waals surface area contributed by atoms with Crippen molar-refractivity contribution in [3.63, 3.8) is 0 Å². The summed E-state index contributed by atoms with van der Waals surface area (Å²) in [6.45, 7) is 1.63. The molecule has 3 radical (unpaired) electrons. The minimum Gasteiger partial charge on any atom is -0.392 e. The fourth-order valence-electron chi connectivity index (χ4n) is 0.361. The maximum Gasteiger partial charge on any atom is 0.267 e. The molecule has 10 heavy (non-hydrogen) atoms. The molecule has 0 saturated heterocycles. The van der Waals surface area contributed by atoms with Crippen molar-refractivity contribution in [3.8, 4) is 0 Å². The van der Waals surface area contributed by atoms with Gasteiger partial charge in [0.25, 0.3) is 10.1 Å². The summed E-state index contributed by atoms with van der Waals surface area (Å²) in [6, 6.07) is 0. The van der Waals surface area contributed by atoms with Gasteiger partial charge in [0.1, 0.15) is 5.75 Å². The Bertz CT molecular complexity index is 164. The molecule has 0 aromatic carbocycles. The van der Waals surface area contributed by atoms with Crippen molar-refractivity contribution >= 4 is 36.3 Å². The predicted octanol–water partition coefficient (Wildman–Crippen LogP) is -0.736. The van der Waals surface area contributed by atoms with E-state index in [0.29, 0.717) is 6.42 Å². The summed E-state index contributed by atoms with van der Waals surface area (Å²) in [5, 5.41) is 8.65. The molecule has 0 aromatic heterocycles. The third-order valence-electron chi connectivity index (χ3n) is 0.874. The van der Waals surface area contributed by atoms with Gasteiger partial charge in [0.05, 0.1) is 6.10 Å². The van der Waals surface area contributed by atoms with Gasteiger partial charge in [0.2, 0.25) is 0 Å². The van der Waals surface area contributed by atoms with Crippen LogP contribution in [-0.2, 0) is 10.1 Å². The van der Waals surface area contributed by atoms with Crippen LogP contribution in [0.15, 0.2) is 0 Å². The Morgan fingerprint density at radius 1 is 1.50 bits per heavy atom. The third-order valence-corrected chi connectivity index (χ3v) is 1.68. The van der Waals surface area contributed by atoms with E-state index in [2.05, 4.69) is 0 Å². The number of aliphatic hydroxyl groups excluding tert-OH is 1. The average Bonchev–Trinajstić information content (AvgIpc) is 1.62. The first-order chi connectivity index (χ1) is 3.95. The van der Waals surface area contributed by atoms with E-state index < -0.39 is 22.0 Å². The van der Waals surface area contributed by atoms with Crippen LogP contribution in [0.1, 0.15) is 13.3 Å². The Hall–Kier alpha value is 0.753. The van der Waals surface area contributed by atoms with E-state index in [-0.39, 0.29) is 26.2 Å². The van der Waals surface area contributed by atoms with Gasteiger partial charge < -0.3 is 5.11 Å². The fraction of sp³-hybridized carbons (Fsp3) is 1.00. The average molecular weight is 363 g/mol. The van der Waals surface area contributed by atoms with E-state index >= 15 is 0 Å². The van der Waals surface area contributed by atoms with Crippen molar-refractivity contribution in [1.29, 1.82) is 0 Å². The molecule has 0 aromatic rings. The molecule has 4 nitrogen and oxygen atoms in total. The summed E-state index contributed by atoms with van der Waals surface area (Å²) < 4.78 is 28.1. The summed E-state index contributed by atoms with van der Waals surface area (Å²) in [5.41, 5.74) is 0. The smallest absolute Gasteiger partial charge is 0.267 e. The van der Waals surface area contributed by atoms with Crippen LogP contribution in [0.4, 0.5) is 0 Å². The molecule has 61 valence electrons. The van der Waals surface area contributed by atoms with Gasteiger partial charge in [-0.25, -0.2) is 0 Å². The maximum atomic E-state index is 10.00. The Morgan fingerprint density at radius 3 is 2.00 bits per heavy atom. The summed E-state index contributed by atoms with van der Waals surface area (Å²) in [5.74, 6) is -0.566. The molecular formula is C4H10BiO4S. The molecule has 1 unspecified atom stereocenters. The Balaban J connectivity index is 0. The molecule has 0 saturated carbocycles. The van der Waals surface area contributed by atoms with E-state index in [4.69, 9.17) is 9.66 Å². The van der Waals surface area contributed by atoms with Gasteiger partial charge in [0.15, 0.2) is 0 Å². The first-order valence-electron chi connectivity index (χ1n) is 2.59. The van der Waals surface area contributed by atoms with Gasteiger partial charge in [-0.15, -0.1) is 0 Å². The summed E-state index contributed by atoms with van der Waals surface area (Å²) >= 11 is 0. The first-order valence-corrected chi connectivity index (χ1v) is 4.20. The molecule has 0 heterocycles. The van der Waals surface area contributed by atoms with Crippen molar-refractivity contribution in [1.82, 2.24) is 0 Å². The van der Waals surface area contributed by atoms with Crippen LogP contribution in [0.5, 0.6) is 0 Å². The van der Waals surface area contributed by atoms with Crippen molar-refractivity contribution in [2.24, 2.45) is 0 Å². The van der Waals surface area contributed by atoms with Crippen LogP contribution >= 0.6 is 0 Å². The van der Waals surface area contributed by atoms with Crippen molar-refractivity contribution in [3.05, 3.63) is 0 Å². The molecule has 0 amide bonds. The monoisotopic (exact) mass is 363 g/mol.